The van der Waals surface area contributed by atoms with Crippen molar-refractivity contribution in [1.29, 1.82) is 0 Å². The third-order valence-corrected chi connectivity index (χ3v) is 7.70. The third kappa shape index (κ3) is 6.72. The maximum absolute atomic E-state index is 14.3. The lowest BCUT2D eigenvalue weighted by Gasteiger charge is -2.40. The van der Waals surface area contributed by atoms with E-state index in [0.717, 1.165) is 28.2 Å². The minimum Gasteiger partial charge on any atom is -0.491 e. The topological polar surface area (TPSA) is 101 Å². The molecule has 5 rings (SSSR count). The predicted octanol–water partition coefficient (Wildman–Crippen LogP) is 5.44. The minimum absolute atomic E-state index is 0.121. The van der Waals surface area contributed by atoms with Gasteiger partial charge in [-0.2, -0.15) is 0 Å². The van der Waals surface area contributed by atoms with E-state index in [1.165, 1.54) is 12.0 Å². The summed E-state index contributed by atoms with van der Waals surface area (Å²) in [6.45, 7) is 2.70. The predicted molar refractivity (Wildman–Crippen MR) is 163 cm³/mol. The largest absolute Gasteiger partial charge is 0.491 e. The first-order valence-corrected chi connectivity index (χ1v) is 14.3. The van der Waals surface area contributed by atoms with Crippen LogP contribution in [0.1, 0.15) is 28.0 Å². The highest BCUT2D eigenvalue weighted by atomic mass is 16.5. The SMILES string of the molecule is COC(=O)CCc1ccc(OCC2CN(C(=O)O)CCN2C(=O)c2cc(C)n(-c3ccccc3)c2-c2ccccc2)cc1. The Morgan fingerprint density at radius 2 is 1.58 bits per heavy atom. The summed E-state index contributed by atoms with van der Waals surface area (Å²) >= 11 is 0. The van der Waals surface area contributed by atoms with Crippen LogP contribution in [0.3, 0.4) is 0 Å². The van der Waals surface area contributed by atoms with Crippen LogP contribution in [-0.2, 0) is 16.0 Å². The van der Waals surface area contributed by atoms with Crippen molar-refractivity contribution in [1.82, 2.24) is 14.4 Å². The molecule has 2 amide bonds. The van der Waals surface area contributed by atoms with Crippen molar-refractivity contribution < 1.29 is 29.0 Å². The summed E-state index contributed by atoms with van der Waals surface area (Å²) in [6.07, 6.45) is -0.183. The number of para-hydroxylation sites is 1. The van der Waals surface area contributed by atoms with E-state index in [1.54, 1.807) is 4.90 Å². The van der Waals surface area contributed by atoms with Gasteiger partial charge in [-0.15, -0.1) is 0 Å². The molecule has 1 saturated heterocycles. The van der Waals surface area contributed by atoms with Crippen molar-refractivity contribution in [3.05, 3.63) is 108 Å². The number of benzene rings is 3. The fourth-order valence-electron chi connectivity index (χ4n) is 5.48. The molecule has 0 aliphatic carbocycles. The van der Waals surface area contributed by atoms with Crippen LogP contribution >= 0.6 is 0 Å². The van der Waals surface area contributed by atoms with Crippen molar-refractivity contribution in [2.45, 2.75) is 25.8 Å². The Balaban J connectivity index is 1.42. The van der Waals surface area contributed by atoms with E-state index in [-0.39, 0.29) is 44.5 Å². The average molecular weight is 582 g/mol. The minimum atomic E-state index is -1.02. The first-order valence-electron chi connectivity index (χ1n) is 14.3. The monoisotopic (exact) mass is 581 g/mol. The second-order valence-electron chi connectivity index (χ2n) is 10.5. The molecule has 0 radical (unpaired) electrons. The van der Waals surface area contributed by atoms with E-state index in [0.29, 0.717) is 17.7 Å². The summed E-state index contributed by atoms with van der Waals surface area (Å²) < 4.78 is 12.9. The molecule has 1 unspecified atom stereocenters. The Kier molecular flexibility index (Phi) is 9.10. The number of carbonyl (C=O) groups excluding carboxylic acids is 2. The Labute approximate surface area is 250 Å². The van der Waals surface area contributed by atoms with Gasteiger partial charge in [-0.3, -0.25) is 9.59 Å². The average Bonchev–Trinajstić information content (AvgIpc) is 3.40. The van der Waals surface area contributed by atoms with Crippen LogP contribution in [0.5, 0.6) is 5.75 Å². The molecule has 222 valence electrons. The Hall–Kier alpha value is -5.05. The first kappa shape index (κ1) is 29.4. The summed E-state index contributed by atoms with van der Waals surface area (Å²) in [5.41, 5.74) is 5.08. The molecular formula is C34H35N3O6. The van der Waals surface area contributed by atoms with Gasteiger partial charge in [-0.1, -0.05) is 60.7 Å². The number of hydrogen-bond donors (Lipinski definition) is 1. The van der Waals surface area contributed by atoms with Crippen LogP contribution in [0.4, 0.5) is 4.79 Å². The number of esters is 1. The number of amides is 2. The zero-order chi connectivity index (χ0) is 30.3. The molecule has 1 aliphatic heterocycles. The van der Waals surface area contributed by atoms with Crippen LogP contribution in [-0.4, -0.2) is 76.8 Å². The molecular weight excluding hydrogens is 546 g/mol. The molecule has 2 heterocycles. The standard InChI is InChI=1S/C34H35N3O6/c1-24-21-30(32(26-9-5-3-6-10-26)37(24)27-11-7-4-8-12-27)33(39)36-20-19-35(34(40)41)22-28(36)23-43-29-16-13-25(14-17-29)15-18-31(38)42-2/h3-14,16-17,21,28H,15,18-20,22-23H2,1-2H3,(H,40,41). The van der Waals surface area contributed by atoms with Gasteiger partial charge in [0.25, 0.3) is 5.91 Å². The van der Waals surface area contributed by atoms with Crippen LogP contribution in [0.15, 0.2) is 91.0 Å². The quantitative estimate of drug-likeness (QED) is 0.264. The lowest BCUT2D eigenvalue weighted by molar-refractivity contribution is -0.140. The summed E-state index contributed by atoms with van der Waals surface area (Å²) in [7, 11) is 1.37. The van der Waals surface area contributed by atoms with Crippen molar-refractivity contribution in [3.63, 3.8) is 0 Å². The number of ether oxygens (including phenoxy) is 2. The zero-order valence-electron chi connectivity index (χ0n) is 24.3. The van der Waals surface area contributed by atoms with E-state index in [4.69, 9.17) is 9.47 Å². The fraction of sp³-hybridized carbons (Fsp3) is 0.265. The smallest absolute Gasteiger partial charge is 0.407 e. The fourth-order valence-corrected chi connectivity index (χ4v) is 5.48. The van der Waals surface area contributed by atoms with Gasteiger partial charge < -0.3 is 28.9 Å². The van der Waals surface area contributed by atoms with Crippen LogP contribution in [0.2, 0.25) is 0 Å². The molecule has 1 aromatic heterocycles. The highest BCUT2D eigenvalue weighted by molar-refractivity contribution is 6.01. The Bertz CT molecular complexity index is 1570. The lowest BCUT2D eigenvalue weighted by atomic mass is 10.0. The highest BCUT2D eigenvalue weighted by Gasteiger charge is 2.35. The molecule has 43 heavy (non-hydrogen) atoms. The number of piperazine rings is 1. The Morgan fingerprint density at radius 1 is 0.907 bits per heavy atom. The van der Waals surface area contributed by atoms with Crippen molar-refractivity contribution >= 4 is 18.0 Å². The van der Waals surface area contributed by atoms with Gasteiger partial charge in [-0.25, -0.2) is 4.79 Å². The summed E-state index contributed by atoms with van der Waals surface area (Å²) in [6, 6.07) is 28.5. The number of rotatable bonds is 9. The van der Waals surface area contributed by atoms with E-state index < -0.39 is 12.1 Å². The number of carboxylic acid groups (broad SMARTS) is 1. The summed E-state index contributed by atoms with van der Waals surface area (Å²) in [5.74, 6) is 0.154. The number of methoxy groups -OCH3 is 1. The van der Waals surface area contributed by atoms with E-state index in [2.05, 4.69) is 4.57 Å². The van der Waals surface area contributed by atoms with E-state index in [9.17, 15) is 19.5 Å². The van der Waals surface area contributed by atoms with Crippen molar-refractivity contribution in [2.75, 3.05) is 33.4 Å². The maximum Gasteiger partial charge on any atom is 0.407 e. The first-order chi connectivity index (χ1) is 20.9. The van der Waals surface area contributed by atoms with Gasteiger partial charge in [0, 0.05) is 37.4 Å². The normalized spacial score (nSPS) is 14.8. The lowest BCUT2D eigenvalue weighted by Crippen LogP contribution is -2.58. The molecule has 9 nitrogen and oxygen atoms in total. The van der Waals surface area contributed by atoms with Crippen molar-refractivity contribution in [3.8, 4) is 22.7 Å². The van der Waals surface area contributed by atoms with Gasteiger partial charge in [0.2, 0.25) is 0 Å². The van der Waals surface area contributed by atoms with Gasteiger partial charge in [0.1, 0.15) is 12.4 Å². The van der Waals surface area contributed by atoms with Gasteiger partial charge in [0.15, 0.2) is 0 Å². The number of aromatic nitrogens is 1. The highest BCUT2D eigenvalue weighted by Crippen LogP contribution is 2.32. The molecule has 3 aromatic carbocycles. The summed E-state index contributed by atoms with van der Waals surface area (Å²) in [4.78, 5) is 40.7. The van der Waals surface area contributed by atoms with Gasteiger partial charge in [-0.05, 0) is 54.8 Å². The van der Waals surface area contributed by atoms with E-state index in [1.807, 2.05) is 97.9 Å². The number of aryl methyl sites for hydroxylation is 2. The second kappa shape index (κ2) is 13.3. The van der Waals surface area contributed by atoms with E-state index >= 15 is 0 Å². The molecule has 1 atom stereocenters. The van der Waals surface area contributed by atoms with Crippen molar-refractivity contribution in [2.24, 2.45) is 0 Å². The van der Waals surface area contributed by atoms with Crippen LogP contribution in [0.25, 0.3) is 16.9 Å². The van der Waals surface area contributed by atoms with Crippen LogP contribution in [0, 0.1) is 6.92 Å². The van der Waals surface area contributed by atoms with Gasteiger partial charge >= 0.3 is 12.1 Å². The third-order valence-electron chi connectivity index (χ3n) is 7.70. The maximum atomic E-state index is 14.3. The molecule has 0 bridgehead atoms. The molecule has 1 aliphatic rings. The molecule has 0 spiro atoms. The summed E-state index contributed by atoms with van der Waals surface area (Å²) in [5, 5.41) is 9.73. The number of hydrogen-bond acceptors (Lipinski definition) is 5. The number of carbonyl (C=O) groups is 3. The molecule has 1 N–H and O–H groups in total. The molecule has 4 aromatic rings. The van der Waals surface area contributed by atoms with Crippen LogP contribution < -0.4 is 4.74 Å². The van der Waals surface area contributed by atoms with Gasteiger partial charge in [0.05, 0.1) is 24.4 Å². The molecule has 9 heteroatoms. The number of nitrogens with zero attached hydrogens (tertiary/aromatic N) is 3. The Morgan fingerprint density at radius 3 is 2.23 bits per heavy atom. The molecule has 1 fully saturated rings. The zero-order valence-corrected chi connectivity index (χ0v) is 24.3. The second-order valence-corrected chi connectivity index (χ2v) is 10.5. The molecule has 0 saturated carbocycles.